The number of para-hydroxylation sites is 1. The Balaban J connectivity index is 2.12. The average Bonchev–Trinajstić information content (AvgIpc) is 2.51. The number of benzene rings is 2. The van der Waals surface area contributed by atoms with Gasteiger partial charge in [-0.2, -0.15) is 0 Å². The van der Waals surface area contributed by atoms with Crippen LogP contribution in [0.3, 0.4) is 0 Å². The second-order valence-corrected chi connectivity index (χ2v) is 5.58. The standard InChI is InChI=1S/C16H14Cl2N2O3/c1-9(23-14-5-3-2-4-11(14)15(19)21)16(22)20-13-8-10(17)6-7-12(13)18/h2-9H,1H3,(H2,19,21)(H,20,22)/t9-/m1/s1. The van der Waals surface area contributed by atoms with Crippen LogP contribution in [-0.2, 0) is 4.79 Å². The molecular formula is C16H14Cl2N2O3. The second-order valence-electron chi connectivity index (χ2n) is 4.73. The van der Waals surface area contributed by atoms with E-state index in [9.17, 15) is 9.59 Å². The smallest absolute Gasteiger partial charge is 0.265 e. The molecule has 2 aromatic rings. The summed E-state index contributed by atoms with van der Waals surface area (Å²) in [5.74, 6) is -0.834. The molecule has 0 bridgehead atoms. The number of halogens is 2. The third-order valence-electron chi connectivity index (χ3n) is 3.01. The number of nitrogens with one attached hydrogen (secondary N) is 1. The molecule has 0 aliphatic carbocycles. The van der Waals surface area contributed by atoms with Crippen molar-refractivity contribution in [2.75, 3.05) is 5.32 Å². The lowest BCUT2D eigenvalue weighted by atomic mass is 10.2. The third kappa shape index (κ3) is 4.37. The Bertz CT molecular complexity index is 750. The molecule has 2 amide bonds. The number of carbonyl (C=O) groups excluding carboxylic acids is 2. The van der Waals surface area contributed by atoms with Crippen molar-refractivity contribution in [1.82, 2.24) is 0 Å². The molecule has 1 atom stereocenters. The second kappa shape index (κ2) is 7.35. The summed E-state index contributed by atoms with van der Waals surface area (Å²) in [4.78, 5) is 23.6. The normalized spacial score (nSPS) is 11.6. The maximum atomic E-state index is 12.2. The van der Waals surface area contributed by atoms with E-state index in [2.05, 4.69) is 5.32 Å². The molecule has 0 aromatic heterocycles. The summed E-state index contributed by atoms with van der Waals surface area (Å²) in [6, 6.07) is 11.2. The number of hydrogen-bond donors (Lipinski definition) is 2. The summed E-state index contributed by atoms with van der Waals surface area (Å²) in [6.07, 6.45) is -0.870. The molecule has 0 aliphatic heterocycles. The van der Waals surface area contributed by atoms with Crippen LogP contribution < -0.4 is 15.8 Å². The van der Waals surface area contributed by atoms with Gasteiger partial charge in [0.15, 0.2) is 6.10 Å². The van der Waals surface area contributed by atoms with E-state index in [4.69, 9.17) is 33.7 Å². The first-order chi connectivity index (χ1) is 10.9. The first-order valence-corrected chi connectivity index (χ1v) is 7.45. The van der Waals surface area contributed by atoms with Gasteiger partial charge in [-0.15, -0.1) is 0 Å². The number of anilines is 1. The molecule has 120 valence electrons. The van der Waals surface area contributed by atoms with E-state index in [0.717, 1.165) is 0 Å². The van der Waals surface area contributed by atoms with Crippen LogP contribution in [-0.4, -0.2) is 17.9 Å². The molecule has 0 unspecified atom stereocenters. The van der Waals surface area contributed by atoms with E-state index in [0.29, 0.717) is 15.7 Å². The fourth-order valence-electron chi connectivity index (χ4n) is 1.84. The average molecular weight is 353 g/mol. The van der Waals surface area contributed by atoms with Crippen molar-refractivity contribution in [2.45, 2.75) is 13.0 Å². The van der Waals surface area contributed by atoms with E-state index in [1.54, 1.807) is 37.3 Å². The van der Waals surface area contributed by atoms with Crippen molar-refractivity contribution in [1.29, 1.82) is 0 Å². The van der Waals surface area contributed by atoms with E-state index in [-0.39, 0.29) is 11.3 Å². The van der Waals surface area contributed by atoms with Crippen LogP contribution in [0.4, 0.5) is 5.69 Å². The molecule has 0 aliphatic rings. The van der Waals surface area contributed by atoms with Crippen LogP contribution in [0.2, 0.25) is 10.0 Å². The fourth-order valence-corrected chi connectivity index (χ4v) is 2.18. The molecule has 0 spiro atoms. The van der Waals surface area contributed by atoms with Crippen LogP contribution in [0.5, 0.6) is 5.75 Å². The maximum Gasteiger partial charge on any atom is 0.265 e. The summed E-state index contributed by atoms with van der Waals surface area (Å²) in [5, 5.41) is 3.42. The number of hydrogen-bond acceptors (Lipinski definition) is 3. The van der Waals surface area contributed by atoms with Gasteiger partial charge < -0.3 is 15.8 Å². The van der Waals surface area contributed by atoms with Crippen LogP contribution in [0.1, 0.15) is 17.3 Å². The molecule has 7 heteroatoms. The fraction of sp³-hybridized carbons (Fsp3) is 0.125. The number of ether oxygens (including phenoxy) is 1. The Morgan fingerprint density at radius 3 is 2.57 bits per heavy atom. The van der Waals surface area contributed by atoms with Gasteiger partial charge in [-0.25, -0.2) is 0 Å². The minimum Gasteiger partial charge on any atom is -0.480 e. The predicted molar refractivity (Wildman–Crippen MR) is 90.1 cm³/mol. The molecule has 0 saturated carbocycles. The minimum absolute atomic E-state index is 0.202. The van der Waals surface area contributed by atoms with E-state index >= 15 is 0 Å². The highest BCUT2D eigenvalue weighted by Crippen LogP contribution is 2.26. The number of amides is 2. The monoisotopic (exact) mass is 352 g/mol. The van der Waals surface area contributed by atoms with Gasteiger partial charge >= 0.3 is 0 Å². The van der Waals surface area contributed by atoms with Crippen LogP contribution in [0.25, 0.3) is 0 Å². The van der Waals surface area contributed by atoms with Crippen molar-refractivity contribution < 1.29 is 14.3 Å². The first kappa shape index (κ1) is 17.1. The summed E-state index contributed by atoms with van der Waals surface area (Å²) in [6.45, 7) is 1.55. The molecular weight excluding hydrogens is 339 g/mol. The van der Waals surface area contributed by atoms with Gasteiger partial charge in [0.05, 0.1) is 16.3 Å². The highest BCUT2D eigenvalue weighted by Gasteiger charge is 2.19. The molecule has 0 fully saturated rings. The zero-order valence-electron chi connectivity index (χ0n) is 12.2. The van der Waals surface area contributed by atoms with Gasteiger partial charge in [0.25, 0.3) is 11.8 Å². The molecule has 23 heavy (non-hydrogen) atoms. The SMILES string of the molecule is C[C@@H](Oc1ccccc1C(N)=O)C(=O)Nc1cc(Cl)ccc1Cl. The molecule has 0 heterocycles. The lowest BCUT2D eigenvalue weighted by Crippen LogP contribution is -2.31. The van der Waals surface area contributed by atoms with E-state index in [1.165, 1.54) is 12.1 Å². The van der Waals surface area contributed by atoms with Gasteiger partial charge in [0.1, 0.15) is 5.75 Å². The highest BCUT2D eigenvalue weighted by molar-refractivity contribution is 6.35. The van der Waals surface area contributed by atoms with Gasteiger partial charge in [0, 0.05) is 5.02 Å². The van der Waals surface area contributed by atoms with Gasteiger partial charge in [-0.1, -0.05) is 35.3 Å². The van der Waals surface area contributed by atoms with Gasteiger partial charge in [-0.05, 0) is 37.3 Å². The maximum absolute atomic E-state index is 12.2. The van der Waals surface area contributed by atoms with Crippen molar-refractivity contribution in [3.63, 3.8) is 0 Å². The quantitative estimate of drug-likeness (QED) is 0.863. The molecule has 0 saturated heterocycles. The van der Waals surface area contributed by atoms with Crippen molar-refractivity contribution >= 4 is 40.7 Å². The zero-order chi connectivity index (χ0) is 17.0. The van der Waals surface area contributed by atoms with E-state index < -0.39 is 17.9 Å². The summed E-state index contributed by atoms with van der Waals surface area (Å²) < 4.78 is 5.52. The Morgan fingerprint density at radius 1 is 1.17 bits per heavy atom. The molecule has 2 aromatic carbocycles. The summed E-state index contributed by atoms with van der Waals surface area (Å²) >= 11 is 11.9. The van der Waals surface area contributed by atoms with Crippen molar-refractivity contribution in [3.8, 4) is 5.75 Å². The highest BCUT2D eigenvalue weighted by atomic mass is 35.5. The molecule has 2 rings (SSSR count). The van der Waals surface area contributed by atoms with Gasteiger partial charge in [-0.3, -0.25) is 9.59 Å². The number of carbonyl (C=O) groups is 2. The minimum atomic E-state index is -0.870. The molecule has 5 nitrogen and oxygen atoms in total. The summed E-state index contributed by atoms with van der Waals surface area (Å²) in [5.41, 5.74) is 5.85. The lowest BCUT2D eigenvalue weighted by Gasteiger charge is -2.17. The van der Waals surface area contributed by atoms with Crippen molar-refractivity contribution in [3.05, 3.63) is 58.1 Å². The van der Waals surface area contributed by atoms with Crippen molar-refractivity contribution in [2.24, 2.45) is 5.73 Å². The molecule has 3 N–H and O–H groups in total. The Labute approximate surface area is 143 Å². The van der Waals surface area contributed by atoms with E-state index in [1.807, 2.05) is 0 Å². The largest absolute Gasteiger partial charge is 0.480 e. The van der Waals surface area contributed by atoms with Crippen LogP contribution >= 0.6 is 23.2 Å². The zero-order valence-corrected chi connectivity index (χ0v) is 13.7. The first-order valence-electron chi connectivity index (χ1n) is 6.70. The lowest BCUT2D eigenvalue weighted by molar-refractivity contribution is -0.122. The topological polar surface area (TPSA) is 81.4 Å². The number of nitrogens with two attached hydrogens (primary N) is 1. The van der Waals surface area contributed by atoms with Gasteiger partial charge in [0.2, 0.25) is 0 Å². The Hall–Kier alpha value is -2.24. The predicted octanol–water partition coefficient (Wildman–Crippen LogP) is 3.50. The summed E-state index contributed by atoms with van der Waals surface area (Å²) in [7, 11) is 0. The van der Waals surface area contributed by atoms with Crippen LogP contribution in [0.15, 0.2) is 42.5 Å². The van der Waals surface area contributed by atoms with Crippen LogP contribution in [0, 0.1) is 0 Å². The Morgan fingerprint density at radius 2 is 1.87 bits per heavy atom. The molecule has 0 radical (unpaired) electrons. The number of rotatable bonds is 5. The Kier molecular flexibility index (Phi) is 5.47. The number of primary amides is 1. The third-order valence-corrected chi connectivity index (χ3v) is 3.58.